The van der Waals surface area contributed by atoms with Gasteiger partial charge in [0.1, 0.15) is 11.9 Å². The third-order valence-electron chi connectivity index (χ3n) is 12.0. The summed E-state index contributed by atoms with van der Waals surface area (Å²) in [5.41, 5.74) is -8.70. The van der Waals surface area contributed by atoms with Gasteiger partial charge in [-0.2, -0.15) is 0 Å². The third-order valence-corrected chi connectivity index (χ3v) is 12.0. The van der Waals surface area contributed by atoms with Gasteiger partial charge in [-0.25, -0.2) is 9.59 Å². The Morgan fingerprint density at radius 1 is 1.05 bits per heavy atom. The van der Waals surface area contributed by atoms with E-state index >= 15 is 0 Å². The number of aliphatic hydroxyl groups is 2. The van der Waals surface area contributed by atoms with Gasteiger partial charge in [-0.3, -0.25) is 9.59 Å². The van der Waals surface area contributed by atoms with Crippen molar-refractivity contribution in [2.75, 3.05) is 6.61 Å². The second-order valence-corrected chi connectivity index (χ2v) is 13.3. The molecule has 4 bridgehead atoms. The smallest absolute Gasteiger partial charge is 0.343 e. The number of hydrogen-bond acceptors (Lipinski definition) is 10. The molecule has 0 amide bonds. The molecule has 10 nitrogen and oxygen atoms in total. The Morgan fingerprint density at radius 2 is 1.82 bits per heavy atom. The molecule has 4 aliphatic heterocycles. The van der Waals surface area contributed by atoms with Gasteiger partial charge in [-0.05, 0) is 50.0 Å². The molecule has 38 heavy (non-hydrogen) atoms. The van der Waals surface area contributed by atoms with E-state index in [9.17, 15) is 29.4 Å². The summed E-state index contributed by atoms with van der Waals surface area (Å²) in [7, 11) is 0. The van der Waals surface area contributed by atoms with E-state index < -0.39 is 87.0 Å². The highest BCUT2D eigenvalue weighted by Gasteiger charge is 2.95. The van der Waals surface area contributed by atoms with E-state index in [1.54, 1.807) is 19.1 Å². The summed E-state index contributed by atoms with van der Waals surface area (Å²) in [5.74, 6) is -5.13. The fourth-order valence-corrected chi connectivity index (χ4v) is 10.3. The van der Waals surface area contributed by atoms with Crippen LogP contribution in [0, 0.1) is 34.5 Å². The Hall–Kier alpha value is -2.56. The second kappa shape index (κ2) is 6.26. The zero-order valence-electron chi connectivity index (χ0n) is 21.4. The molecule has 8 rings (SSSR count). The van der Waals surface area contributed by atoms with Crippen molar-refractivity contribution < 1.29 is 48.3 Å². The summed E-state index contributed by atoms with van der Waals surface area (Å²) in [6, 6.07) is 0. The molecule has 0 aromatic carbocycles. The average molecular weight is 527 g/mol. The highest BCUT2D eigenvalue weighted by Crippen LogP contribution is 2.76. The molecular weight excluding hydrogens is 496 g/mol. The maximum Gasteiger partial charge on any atom is 0.343 e. The molecule has 0 unspecified atom stereocenters. The van der Waals surface area contributed by atoms with Crippen LogP contribution in [0.2, 0.25) is 0 Å². The van der Waals surface area contributed by atoms with Gasteiger partial charge in [0.15, 0.2) is 11.2 Å². The molecule has 4 aliphatic carbocycles. The van der Waals surface area contributed by atoms with Gasteiger partial charge >= 0.3 is 17.9 Å². The van der Waals surface area contributed by atoms with Crippen LogP contribution in [0.3, 0.4) is 0 Å². The second-order valence-electron chi connectivity index (χ2n) is 13.3. The van der Waals surface area contributed by atoms with Crippen LogP contribution in [-0.2, 0) is 38.1 Å². The van der Waals surface area contributed by atoms with Crippen molar-refractivity contribution in [2.45, 2.75) is 81.1 Å². The van der Waals surface area contributed by atoms with Gasteiger partial charge in [0.2, 0.25) is 11.2 Å². The first-order valence-electron chi connectivity index (χ1n) is 13.5. The number of ether oxygens (including phenoxy) is 4. The minimum absolute atomic E-state index is 0.0690. The van der Waals surface area contributed by atoms with Crippen LogP contribution in [0.5, 0.6) is 0 Å². The highest BCUT2D eigenvalue weighted by molar-refractivity contribution is 5.95. The average Bonchev–Trinajstić information content (AvgIpc) is 3.22. The standard InChI is InChI=1S/C28H30O10/c1-23-10-18-25(3)28-20(23)27(22(33)38-28,35-11-16(23)19(31)36-18)15-5-4-12-8-13(29)9-17(30)24(12,2)14(15)6-7-26(28,34)21(32)37-25/h4-5,8,13-16,18,20,29,34H,6-7,9-11H2,1-3H3/t13-,14+,15-,16+,18+,20-,23-,24+,25+,26+,27+,28+/m1/s1. The molecule has 2 saturated carbocycles. The van der Waals surface area contributed by atoms with Gasteiger partial charge < -0.3 is 29.2 Å². The largest absolute Gasteiger partial charge is 0.458 e. The summed E-state index contributed by atoms with van der Waals surface area (Å²) >= 11 is 0. The SMILES string of the molecule is C[C@]12C(=O)C[C@H](O)C=C1C=C[C@@H]1[C@@H]2CC[C@]2(O)C(=O)O[C@@]3(C)[C@@H]4C[C@@]5(C)[C@@H]6[C@]1(OC[C@H]5C(=O)O4)C(=O)O[C@@]632. The van der Waals surface area contributed by atoms with Crippen molar-refractivity contribution in [1.82, 2.24) is 0 Å². The highest BCUT2D eigenvalue weighted by atomic mass is 16.7. The zero-order valence-corrected chi connectivity index (χ0v) is 21.4. The van der Waals surface area contributed by atoms with Gasteiger partial charge in [0.05, 0.1) is 30.0 Å². The van der Waals surface area contributed by atoms with Crippen LogP contribution in [-0.4, -0.2) is 75.1 Å². The molecule has 0 aromatic heterocycles. The van der Waals surface area contributed by atoms with E-state index in [1.165, 1.54) is 0 Å². The number of fused-ring (bicyclic) bond motifs is 5. The fourth-order valence-electron chi connectivity index (χ4n) is 10.3. The number of allylic oxidation sites excluding steroid dienone is 2. The number of carbonyl (C=O) groups is 4. The number of ketones is 1. The summed E-state index contributed by atoms with van der Waals surface area (Å²) in [6.45, 7) is 5.21. The number of carbonyl (C=O) groups excluding carboxylic acids is 4. The molecule has 2 N–H and O–H groups in total. The third kappa shape index (κ3) is 1.98. The Balaban J connectivity index is 1.45. The monoisotopic (exact) mass is 526 g/mol. The van der Waals surface area contributed by atoms with Crippen LogP contribution in [0.25, 0.3) is 0 Å². The number of esters is 3. The molecule has 4 heterocycles. The summed E-state index contributed by atoms with van der Waals surface area (Å²) in [6.07, 6.45) is 3.83. The molecule has 4 saturated heterocycles. The predicted molar refractivity (Wildman–Crippen MR) is 124 cm³/mol. The number of aliphatic hydroxyl groups excluding tert-OH is 1. The lowest BCUT2D eigenvalue weighted by Gasteiger charge is -2.67. The molecule has 0 aromatic rings. The fraction of sp³-hybridized carbons (Fsp3) is 0.714. The molecule has 1 spiro atoms. The van der Waals surface area contributed by atoms with Gasteiger partial charge in [0, 0.05) is 12.3 Å². The first-order valence-corrected chi connectivity index (χ1v) is 13.5. The van der Waals surface area contributed by atoms with E-state index in [1.807, 2.05) is 19.9 Å². The van der Waals surface area contributed by atoms with Crippen LogP contribution in [0.4, 0.5) is 0 Å². The van der Waals surface area contributed by atoms with Crippen molar-refractivity contribution in [2.24, 2.45) is 34.5 Å². The Morgan fingerprint density at radius 3 is 2.58 bits per heavy atom. The number of Topliss-reactive ketones (excluding diaryl/α,β-unsaturated/α-hetero) is 1. The van der Waals surface area contributed by atoms with Crippen LogP contribution < -0.4 is 0 Å². The predicted octanol–water partition coefficient (Wildman–Crippen LogP) is 0.528. The van der Waals surface area contributed by atoms with E-state index in [-0.39, 0.29) is 31.7 Å². The zero-order chi connectivity index (χ0) is 26.8. The maximum atomic E-state index is 14.4. The molecule has 8 aliphatic rings. The lowest BCUT2D eigenvalue weighted by atomic mass is 9.39. The van der Waals surface area contributed by atoms with E-state index in [0.29, 0.717) is 12.0 Å². The molecule has 10 heteroatoms. The van der Waals surface area contributed by atoms with Crippen LogP contribution in [0.15, 0.2) is 23.8 Å². The van der Waals surface area contributed by atoms with Crippen molar-refractivity contribution in [3.8, 4) is 0 Å². The first-order chi connectivity index (χ1) is 17.8. The molecule has 0 radical (unpaired) electrons. The minimum Gasteiger partial charge on any atom is -0.458 e. The quantitative estimate of drug-likeness (QED) is 0.339. The molecule has 202 valence electrons. The maximum absolute atomic E-state index is 14.4. The molecule has 6 fully saturated rings. The number of hydrogen-bond donors (Lipinski definition) is 2. The lowest BCUT2D eigenvalue weighted by Crippen LogP contribution is -2.82. The van der Waals surface area contributed by atoms with Crippen molar-refractivity contribution in [3.05, 3.63) is 23.8 Å². The normalized spacial score (nSPS) is 59.0. The van der Waals surface area contributed by atoms with Crippen LogP contribution >= 0.6 is 0 Å². The Bertz CT molecular complexity index is 1330. The summed E-state index contributed by atoms with van der Waals surface area (Å²) in [4.78, 5) is 54.9. The lowest BCUT2D eigenvalue weighted by molar-refractivity contribution is -0.329. The van der Waals surface area contributed by atoms with E-state index in [2.05, 4.69) is 0 Å². The minimum atomic E-state index is -2.23. The van der Waals surface area contributed by atoms with Gasteiger partial charge in [0.25, 0.3) is 0 Å². The van der Waals surface area contributed by atoms with Crippen molar-refractivity contribution in [3.63, 3.8) is 0 Å². The van der Waals surface area contributed by atoms with Crippen molar-refractivity contribution in [1.29, 1.82) is 0 Å². The number of rotatable bonds is 0. The van der Waals surface area contributed by atoms with Crippen LogP contribution in [0.1, 0.15) is 46.5 Å². The van der Waals surface area contributed by atoms with E-state index in [0.717, 1.165) is 0 Å². The Labute approximate surface area is 218 Å². The Kier molecular flexibility index (Phi) is 3.84. The topological polar surface area (TPSA) is 146 Å². The summed E-state index contributed by atoms with van der Waals surface area (Å²) in [5, 5.41) is 22.7. The molecular formula is C28H30O10. The summed E-state index contributed by atoms with van der Waals surface area (Å²) < 4.78 is 24.5. The van der Waals surface area contributed by atoms with E-state index in [4.69, 9.17) is 18.9 Å². The van der Waals surface area contributed by atoms with Crippen molar-refractivity contribution >= 4 is 23.7 Å². The molecule has 12 atom stereocenters. The first kappa shape index (κ1) is 23.3. The van der Waals surface area contributed by atoms with Gasteiger partial charge in [-0.1, -0.05) is 25.2 Å². The van der Waals surface area contributed by atoms with Gasteiger partial charge in [-0.15, -0.1) is 0 Å².